The number of nitrogens with zero attached hydrogens (tertiary/aromatic N) is 1. The van der Waals surface area contributed by atoms with Crippen LogP contribution in [0.4, 0.5) is 0 Å². The summed E-state index contributed by atoms with van der Waals surface area (Å²) in [6, 6.07) is 54.7. The normalized spacial score (nSPS) is 12.5. The van der Waals surface area contributed by atoms with Gasteiger partial charge in [-0.2, -0.15) is 0 Å². The Morgan fingerprint density at radius 2 is 0.981 bits per heavy atom. The molecule has 0 aliphatic carbocycles. The fourth-order valence-electron chi connectivity index (χ4n) is 8.95. The molecule has 5 aromatic heterocycles. The maximum atomic E-state index is 6.77. The van der Waals surface area contributed by atoms with Crippen LogP contribution in [0, 0.1) is 0 Å². The van der Waals surface area contributed by atoms with Gasteiger partial charge in [0.25, 0.3) is 0 Å². The fraction of sp³-hybridized carbons (Fsp3) is 0. The van der Waals surface area contributed by atoms with Gasteiger partial charge in [-0.25, -0.2) is 0 Å². The Bertz CT molecular complexity index is 3680. The highest BCUT2D eigenvalue weighted by Crippen LogP contribution is 2.51. The number of para-hydroxylation sites is 3. The van der Waals surface area contributed by atoms with Crippen LogP contribution in [-0.2, 0) is 0 Å². The highest BCUT2D eigenvalue weighted by atomic mass is 32.1. The molecular weight excluding hydrogens is 687 g/mol. The van der Waals surface area contributed by atoms with Gasteiger partial charge in [-0.3, -0.25) is 0 Å². The number of fused-ring (bicyclic) bond motifs is 19. The van der Waals surface area contributed by atoms with Gasteiger partial charge in [-0.1, -0.05) is 103 Å². The monoisotopic (exact) mass is 711 g/mol. The molecule has 3 nitrogen and oxygen atoms in total. The molecule has 246 valence electrons. The van der Waals surface area contributed by atoms with E-state index in [1.807, 2.05) is 22.7 Å². The second kappa shape index (κ2) is 10.1. The summed E-state index contributed by atoms with van der Waals surface area (Å²) in [7, 11) is 0. The summed E-state index contributed by atoms with van der Waals surface area (Å²) in [5.41, 5.74) is 9.74. The number of hydrogen-bond donors (Lipinski definition) is 0. The lowest BCUT2D eigenvalue weighted by molar-refractivity contribution is 0.672. The first-order valence-corrected chi connectivity index (χ1v) is 19.5. The number of rotatable bonds is 2. The summed E-state index contributed by atoms with van der Waals surface area (Å²) in [5, 5.41) is 12.0. The molecule has 0 radical (unpaired) electrons. The van der Waals surface area contributed by atoms with Crippen molar-refractivity contribution in [2.24, 2.45) is 0 Å². The molecule has 0 unspecified atom stereocenters. The minimum Gasteiger partial charge on any atom is -0.455 e. The van der Waals surface area contributed by atoms with Crippen LogP contribution in [0.1, 0.15) is 0 Å². The van der Waals surface area contributed by atoms with E-state index in [1.165, 1.54) is 78.7 Å². The molecular formula is C48H25NO2S2. The number of hydrogen-bond acceptors (Lipinski definition) is 4. The first-order chi connectivity index (χ1) is 26.3. The Kier molecular flexibility index (Phi) is 5.40. The quantitative estimate of drug-likeness (QED) is 0.179. The predicted molar refractivity (Wildman–Crippen MR) is 227 cm³/mol. The molecule has 0 atom stereocenters. The molecule has 0 aliphatic rings. The molecule has 0 saturated heterocycles. The van der Waals surface area contributed by atoms with Gasteiger partial charge in [0.05, 0.1) is 15.7 Å². The SMILES string of the molecule is c1ccc2c(c1)oc1c2cc(-c2ccc(-n3c4ccccc4c4c5c6ccccc6oc5c5c6ccccc6sc5c43)cc2)c2sc3ccccc3c21. The largest absolute Gasteiger partial charge is 0.455 e. The van der Waals surface area contributed by atoms with Crippen molar-refractivity contribution in [3.05, 3.63) is 152 Å². The molecule has 0 amide bonds. The molecule has 5 heteroatoms. The van der Waals surface area contributed by atoms with E-state index >= 15 is 0 Å². The van der Waals surface area contributed by atoms with E-state index in [-0.39, 0.29) is 0 Å². The topological polar surface area (TPSA) is 31.2 Å². The van der Waals surface area contributed by atoms with Gasteiger partial charge in [0.2, 0.25) is 0 Å². The standard InChI is InChI=1S/C48H25NO2S2/c1-6-16-35-29(12-1)40-41-30-13-3-8-18-37(30)51-46(41)43-32-15-5-10-20-39(32)53-48(43)44(40)49(35)27-23-21-26(22-24-27)33-25-34-28-11-2-7-17-36(28)50-45(34)42-31-14-4-9-19-38(31)52-47(33)42/h1-25H. The lowest BCUT2D eigenvalue weighted by atomic mass is 9.99. The van der Waals surface area contributed by atoms with Crippen LogP contribution in [-0.4, -0.2) is 4.57 Å². The zero-order valence-corrected chi connectivity index (χ0v) is 29.6. The van der Waals surface area contributed by atoms with Gasteiger partial charge in [0, 0.05) is 79.2 Å². The maximum Gasteiger partial charge on any atom is 0.145 e. The summed E-state index contributed by atoms with van der Waals surface area (Å²) in [4.78, 5) is 0. The summed E-state index contributed by atoms with van der Waals surface area (Å²) < 4.78 is 20.9. The smallest absolute Gasteiger partial charge is 0.145 e. The van der Waals surface area contributed by atoms with Crippen LogP contribution in [0.5, 0.6) is 0 Å². The van der Waals surface area contributed by atoms with E-state index in [9.17, 15) is 0 Å². The Morgan fingerprint density at radius 1 is 0.415 bits per heavy atom. The highest BCUT2D eigenvalue weighted by molar-refractivity contribution is 7.27. The zero-order valence-electron chi connectivity index (χ0n) is 28.0. The number of benzene rings is 8. The molecule has 53 heavy (non-hydrogen) atoms. The second-order valence-electron chi connectivity index (χ2n) is 13.9. The average Bonchev–Trinajstić information content (AvgIpc) is 4.02. The van der Waals surface area contributed by atoms with Crippen molar-refractivity contribution in [3.8, 4) is 16.8 Å². The third-order valence-electron chi connectivity index (χ3n) is 11.2. The molecule has 13 rings (SSSR count). The fourth-order valence-corrected chi connectivity index (χ4v) is 11.4. The molecule has 0 bridgehead atoms. The molecule has 5 heterocycles. The van der Waals surface area contributed by atoms with Crippen LogP contribution >= 0.6 is 22.7 Å². The van der Waals surface area contributed by atoms with E-state index in [0.29, 0.717) is 0 Å². The van der Waals surface area contributed by atoms with Crippen LogP contribution in [0.25, 0.3) is 123 Å². The van der Waals surface area contributed by atoms with Crippen molar-refractivity contribution in [1.29, 1.82) is 0 Å². The molecule has 0 saturated carbocycles. The van der Waals surface area contributed by atoms with Crippen LogP contribution in [0.2, 0.25) is 0 Å². The van der Waals surface area contributed by atoms with Gasteiger partial charge in [-0.05, 0) is 54.1 Å². The molecule has 0 N–H and O–H groups in total. The number of aromatic nitrogens is 1. The lowest BCUT2D eigenvalue weighted by Crippen LogP contribution is -1.94. The van der Waals surface area contributed by atoms with Gasteiger partial charge in [-0.15, -0.1) is 22.7 Å². The van der Waals surface area contributed by atoms with E-state index in [1.54, 1.807) is 0 Å². The van der Waals surface area contributed by atoms with Gasteiger partial charge < -0.3 is 13.4 Å². The van der Waals surface area contributed by atoms with Crippen molar-refractivity contribution in [2.75, 3.05) is 0 Å². The zero-order chi connectivity index (χ0) is 34.4. The maximum absolute atomic E-state index is 6.77. The van der Waals surface area contributed by atoms with Crippen LogP contribution in [0.15, 0.2) is 160 Å². The summed E-state index contributed by atoms with van der Waals surface area (Å²) in [6.07, 6.45) is 0. The van der Waals surface area contributed by atoms with Gasteiger partial charge in [0.15, 0.2) is 0 Å². The van der Waals surface area contributed by atoms with Crippen molar-refractivity contribution in [2.45, 2.75) is 0 Å². The Morgan fingerprint density at radius 3 is 1.74 bits per heavy atom. The average molecular weight is 712 g/mol. The van der Waals surface area contributed by atoms with Crippen LogP contribution < -0.4 is 0 Å². The lowest BCUT2D eigenvalue weighted by Gasteiger charge is -2.11. The van der Waals surface area contributed by atoms with Crippen molar-refractivity contribution >= 4 is 129 Å². The Hall–Kier alpha value is -6.40. The summed E-state index contributed by atoms with van der Waals surface area (Å²) in [5.74, 6) is 0. The van der Waals surface area contributed by atoms with E-state index in [0.717, 1.165) is 44.2 Å². The molecule has 0 aliphatic heterocycles. The Labute approximate surface area is 309 Å². The number of thiophene rings is 2. The summed E-state index contributed by atoms with van der Waals surface area (Å²) in [6.45, 7) is 0. The van der Waals surface area contributed by atoms with Crippen LogP contribution in [0.3, 0.4) is 0 Å². The van der Waals surface area contributed by atoms with E-state index in [4.69, 9.17) is 8.83 Å². The first kappa shape index (κ1) is 28.2. The Balaban J connectivity index is 1.13. The third kappa shape index (κ3) is 3.63. The van der Waals surface area contributed by atoms with E-state index < -0.39 is 0 Å². The van der Waals surface area contributed by atoms with E-state index in [2.05, 4.69) is 156 Å². The predicted octanol–water partition coefficient (Wildman–Crippen LogP) is 15.0. The molecule has 8 aromatic carbocycles. The second-order valence-corrected chi connectivity index (χ2v) is 16.0. The van der Waals surface area contributed by atoms with Crippen molar-refractivity contribution in [3.63, 3.8) is 0 Å². The first-order valence-electron chi connectivity index (χ1n) is 17.8. The summed E-state index contributed by atoms with van der Waals surface area (Å²) >= 11 is 3.70. The number of furan rings is 2. The van der Waals surface area contributed by atoms with Crippen molar-refractivity contribution < 1.29 is 8.83 Å². The molecule has 0 fully saturated rings. The highest BCUT2D eigenvalue weighted by Gasteiger charge is 2.25. The van der Waals surface area contributed by atoms with Crippen molar-refractivity contribution in [1.82, 2.24) is 4.57 Å². The van der Waals surface area contributed by atoms with Gasteiger partial charge >= 0.3 is 0 Å². The molecule has 13 aromatic rings. The third-order valence-corrected chi connectivity index (χ3v) is 13.6. The minimum atomic E-state index is 0.919. The minimum absolute atomic E-state index is 0.919. The molecule has 0 spiro atoms. The van der Waals surface area contributed by atoms with Gasteiger partial charge in [0.1, 0.15) is 22.3 Å².